The molecule has 3 rings (SSSR count). The number of nitrogens with one attached hydrogen (secondary N) is 1. The summed E-state index contributed by atoms with van der Waals surface area (Å²) in [5.41, 5.74) is 2.65. The molecule has 156 valence electrons. The number of carbonyl (C=O) groups is 1. The Morgan fingerprint density at radius 3 is 2.59 bits per heavy atom. The minimum atomic E-state index is -3.64. The van der Waals surface area contributed by atoms with E-state index in [-0.39, 0.29) is 29.8 Å². The van der Waals surface area contributed by atoms with Crippen molar-refractivity contribution >= 4 is 15.9 Å². The quantitative estimate of drug-likeness (QED) is 0.751. The molecule has 1 aliphatic rings. The summed E-state index contributed by atoms with van der Waals surface area (Å²) >= 11 is 0. The first-order valence-electron chi connectivity index (χ1n) is 9.82. The van der Waals surface area contributed by atoms with Gasteiger partial charge < -0.3 is 9.64 Å². The molecule has 2 aromatic rings. The molecular weight excluding hydrogens is 388 g/mol. The van der Waals surface area contributed by atoms with Crippen molar-refractivity contribution in [2.24, 2.45) is 0 Å². The average Bonchev–Trinajstić information content (AvgIpc) is 3.19. The molecule has 1 atom stereocenters. The number of carbonyl (C=O) groups excluding carboxylic acids is 1. The predicted octanol–water partition coefficient (Wildman–Crippen LogP) is 3.34. The average molecular weight is 417 g/mol. The van der Waals surface area contributed by atoms with Crippen LogP contribution < -0.4 is 9.46 Å². The van der Waals surface area contributed by atoms with E-state index in [4.69, 9.17) is 4.74 Å². The van der Waals surface area contributed by atoms with Gasteiger partial charge in [-0.15, -0.1) is 0 Å². The van der Waals surface area contributed by atoms with Gasteiger partial charge in [0.15, 0.2) is 0 Å². The highest BCUT2D eigenvalue weighted by Gasteiger charge is 2.29. The zero-order valence-corrected chi connectivity index (χ0v) is 18.0. The van der Waals surface area contributed by atoms with Crippen molar-refractivity contribution < 1.29 is 17.9 Å². The van der Waals surface area contributed by atoms with E-state index in [9.17, 15) is 13.2 Å². The molecule has 7 heteroatoms. The lowest BCUT2D eigenvalue weighted by Gasteiger charge is -2.25. The van der Waals surface area contributed by atoms with Gasteiger partial charge in [0.1, 0.15) is 5.75 Å². The Kier molecular flexibility index (Phi) is 6.59. The number of amides is 1. The summed E-state index contributed by atoms with van der Waals surface area (Å²) in [5.74, 6) is 0.748. The first-order valence-corrected chi connectivity index (χ1v) is 11.3. The standard InChI is InChI=1S/C22H28N2O4S/c1-16-6-7-17(2)21(15-16)29(26,27)23-13-12-22(25)24-14-4-5-20(24)18-8-10-19(28-3)11-9-18/h6-11,15,20,23H,4-5,12-14H2,1-3H3/t20-/m0/s1. The highest BCUT2D eigenvalue weighted by molar-refractivity contribution is 7.89. The first-order chi connectivity index (χ1) is 13.8. The van der Waals surface area contributed by atoms with Crippen molar-refractivity contribution in [3.05, 3.63) is 59.2 Å². The zero-order chi connectivity index (χ0) is 21.0. The van der Waals surface area contributed by atoms with Gasteiger partial charge in [0.05, 0.1) is 18.0 Å². The van der Waals surface area contributed by atoms with Gasteiger partial charge in [-0.25, -0.2) is 13.1 Å². The normalized spacial score (nSPS) is 16.8. The van der Waals surface area contributed by atoms with Gasteiger partial charge in [-0.05, 0) is 61.6 Å². The van der Waals surface area contributed by atoms with E-state index in [1.165, 1.54) is 0 Å². The highest BCUT2D eigenvalue weighted by atomic mass is 32.2. The molecule has 1 saturated heterocycles. The van der Waals surface area contributed by atoms with E-state index in [2.05, 4.69) is 4.72 Å². The SMILES string of the molecule is COc1ccc([C@@H]2CCCN2C(=O)CCNS(=O)(=O)c2cc(C)ccc2C)cc1. The maximum atomic E-state index is 12.8. The molecule has 6 nitrogen and oxygen atoms in total. The number of hydrogen-bond donors (Lipinski definition) is 1. The van der Waals surface area contributed by atoms with E-state index >= 15 is 0 Å². The highest BCUT2D eigenvalue weighted by Crippen LogP contribution is 2.33. The third kappa shape index (κ3) is 4.97. The minimum Gasteiger partial charge on any atom is -0.497 e. The van der Waals surface area contributed by atoms with Gasteiger partial charge in [0.25, 0.3) is 0 Å². The Morgan fingerprint density at radius 2 is 1.90 bits per heavy atom. The molecule has 0 aliphatic carbocycles. The van der Waals surface area contributed by atoms with Crippen LogP contribution in [0.2, 0.25) is 0 Å². The number of rotatable bonds is 7. The third-order valence-electron chi connectivity index (χ3n) is 5.34. The number of benzene rings is 2. The van der Waals surface area contributed by atoms with Crippen LogP contribution in [0.25, 0.3) is 0 Å². The summed E-state index contributed by atoms with van der Waals surface area (Å²) in [6, 6.07) is 13.1. The van der Waals surface area contributed by atoms with Crippen LogP contribution in [0.1, 0.15) is 42.0 Å². The fourth-order valence-electron chi connectivity index (χ4n) is 3.75. The van der Waals surface area contributed by atoms with Crippen LogP contribution in [0.5, 0.6) is 5.75 Å². The van der Waals surface area contributed by atoms with Gasteiger partial charge in [0.2, 0.25) is 15.9 Å². The topological polar surface area (TPSA) is 75.7 Å². The van der Waals surface area contributed by atoms with Crippen LogP contribution in [-0.4, -0.2) is 39.4 Å². The molecule has 1 fully saturated rings. The molecule has 2 aromatic carbocycles. The van der Waals surface area contributed by atoms with E-state index in [0.717, 1.165) is 29.7 Å². The van der Waals surface area contributed by atoms with Crippen molar-refractivity contribution in [2.45, 2.75) is 44.0 Å². The fraction of sp³-hybridized carbons (Fsp3) is 0.409. The van der Waals surface area contributed by atoms with Crippen molar-refractivity contribution in [2.75, 3.05) is 20.2 Å². The number of ether oxygens (including phenoxy) is 1. The van der Waals surface area contributed by atoms with Crippen LogP contribution in [0.15, 0.2) is 47.4 Å². The summed E-state index contributed by atoms with van der Waals surface area (Å²) < 4.78 is 33.0. The lowest BCUT2D eigenvalue weighted by molar-refractivity contribution is -0.131. The Balaban J connectivity index is 1.61. The van der Waals surface area contributed by atoms with Crippen LogP contribution >= 0.6 is 0 Å². The molecule has 1 N–H and O–H groups in total. The largest absolute Gasteiger partial charge is 0.497 e. The summed E-state index contributed by atoms with van der Waals surface area (Å²) in [5, 5.41) is 0. The molecule has 0 aromatic heterocycles. The van der Waals surface area contributed by atoms with Gasteiger partial charge in [-0.3, -0.25) is 4.79 Å². The van der Waals surface area contributed by atoms with Crippen LogP contribution in [0.3, 0.4) is 0 Å². The van der Waals surface area contributed by atoms with Crippen LogP contribution in [0.4, 0.5) is 0 Å². The second-order valence-electron chi connectivity index (χ2n) is 7.44. The molecular formula is C22H28N2O4S. The number of sulfonamides is 1. The molecule has 0 unspecified atom stereocenters. The lowest BCUT2D eigenvalue weighted by atomic mass is 10.0. The minimum absolute atomic E-state index is 0.0315. The number of likely N-dealkylation sites (tertiary alicyclic amines) is 1. The first kappa shape index (κ1) is 21.3. The third-order valence-corrected chi connectivity index (χ3v) is 6.94. The maximum Gasteiger partial charge on any atom is 0.240 e. The van der Waals surface area contributed by atoms with Crippen molar-refractivity contribution in [3.63, 3.8) is 0 Å². The maximum absolute atomic E-state index is 12.8. The molecule has 0 spiro atoms. The Morgan fingerprint density at radius 1 is 1.17 bits per heavy atom. The van der Waals surface area contributed by atoms with Gasteiger partial charge in [-0.1, -0.05) is 24.3 Å². The van der Waals surface area contributed by atoms with Crippen LogP contribution in [0, 0.1) is 13.8 Å². The smallest absolute Gasteiger partial charge is 0.240 e. The number of hydrogen-bond acceptors (Lipinski definition) is 4. The molecule has 0 saturated carbocycles. The summed E-state index contributed by atoms with van der Waals surface area (Å²) in [6.07, 6.45) is 1.99. The second-order valence-corrected chi connectivity index (χ2v) is 9.17. The monoisotopic (exact) mass is 416 g/mol. The lowest BCUT2D eigenvalue weighted by Crippen LogP contribution is -2.34. The molecule has 0 bridgehead atoms. The van der Waals surface area contributed by atoms with E-state index < -0.39 is 10.0 Å². The summed E-state index contributed by atoms with van der Waals surface area (Å²) in [7, 11) is -2.02. The van der Waals surface area contributed by atoms with Crippen molar-refractivity contribution in [1.29, 1.82) is 0 Å². The Bertz CT molecular complexity index is 971. The van der Waals surface area contributed by atoms with Gasteiger partial charge in [-0.2, -0.15) is 0 Å². The van der Waals surface area contributed by atoms with Crippen molar-refractivity contribution in [1.82, 2.24) is 9.62 Å². The van der Waals surface area contributed by atoms with E-state index in [1.54, 1.807) is 26.2 Å². The van der Waals surface area contributed by atoms with Gasteiger partial charge in [0, 0.05) is 19.5 Å². The number of methoxy groups -OCH3 is 1. The molecule has 1 amide bonds. The molecule has 1 heterocycles. The zero-order valence-electron chi connectivity index (χ0n) is 17.1. The number of nitrogens with zero attached hydrogens (tertiary/aromatic N) is 1. The number of aryl methyl sites for hydroxylation is 2. The van der Waals surface area contributed by atoms with E-state index in [1.807, 2.05) is 42.2 Å². The van der Waals surface area contributed by atoms with Crippen LogP contribution in [-0.2, 0) is 14.8 Å². The summed E-state index contributed by atoms with van der Waals surface area (Å²) in [6.45, 7) is 4.40. The van der Waals surface area contributed by atoms with Crippen molar-refractivity contribution in [3.8, 4) is 5.75 Å². The molecule has 0 radical (unpaired) electrons. The Hall–Kier alpha value is -2.38. The fourth-order valence-corrected chi connectivity index (χ4v) is 5.11. The second kappa shape index (κ2) is 8.97. The van der Waals surface area contributed by atoms with E-state index in [0.29, 0.717) is 12.1 Å². The summed E-state index contributed by atoms with van der Waals surface area (Å²) in [4.78, 5) is 14.9. The van der Waals surface area contributed by atoms with Gasteiger partial charge >= 0.3 is 0 Å². The Labute approximate surface area is 172 Å². The molecule has 29 heavy (non-hydrogen) atoms. The predicted molar refractivity (Wildman–Crippen MR) is 112 cm³/mol. The molecule has 1 aliphatic heterocycles.